The molecule has 1 aromatic heterocycles. The van der Waals surface area contributed by atoms with Crippen molar-refractivity contribution < 1.29 is 9.52 Å². The molecule has 1 aliphatic rings. The van der Waals surface area contributed by atoms with Crippen LogP contribution in [0.5, 0.6) is 0 Å². The van der Waals surface area contributed by atoms with Crippen molar-refractivity contribution in [2.45, 2.75) is 58.0 Å². The molecule has 2 rings (SSSR count). The summed E-state index contributed by atoms with van der Waals surface area (Å²) in [6.07, 6.45) is 5.07. The van der Waals surface area contributed by atoms with Crippen molar-refractivity contribution in [3.63, 3.8) is 0 Å². The summed E-state index contributed by atoms with van der Waals surface area (Å²) >= 11 is 0. The molecule has 0 saturated carbocycles. The summed E-state index contributed by atoms with van der Waals surface area (Å²) in [5.41, 5.74) is 0.863. The monoisotopic (exact) mass is 252 g/mol. The van der Waals surface area contributed by atoms with Gasteiger partial charge in [-0.2, -0.15) is 0 Å². The van der Waals surface area contributed by atoms with Crippen molar-refractivity contribution in [2.24, 2.45) is 0 Å². The van der Waals surface area contributed by atoms with Crippen LogP contribution in [0.4, 0.5) is 0 Å². The third-order valence-electron chi connectivity index (χ3n) is 3.84. The summed E-state index contributed by atoms with van der Waals surface area (Å²) in [5, 5.41) is 9.11. The lowest BCUT2D eigenvalue weighted by Crippen LogP contribution is -2.36. The molecule has 0 radical (unpaired) electrons. The Morgan fingerprint density at radius 2 is 2.28 bits per heavy atom. The van der Waals surface area contributed by atoms with Gasteiger partial charge in [-0.1, -0.05) is 6.92 Å². The molecule has 1 aliphatic heterocycles. The first kappa shape index (κ1) is 13.6. The molecule has 0 aliphatic carbocycles. The second-order valence-electron chi connectivity index (χ2n) is 5.58. The Morgan fingerprint density at radius 3 is 2.94 bits per heavy atom. The minimum Gasteiger partial charge on any atom is -0.449 e. The SMILES string of the molecule is CC(CO)c1coc(CC2CCCN2C(C)C)n1. The number of rotatable bonds is 5. The van der Waals surface area contributed by atoms with Crippen LogP contribution < -0.4 is 0 Å². The molecule has 1 N–H and O–H groups in total. The minimum atomic E-state index is 0.0623. The van der Waals surface area contributed by atoms with Gasteiger partial charge in [0.15, 0.2) is 5.89 Å². The number of nitrogens with zero attached hydrogens (tertiary/aromatic N) is 2. The lowest BCUT2D eigenvalue weighted by molar-refractivity contribution is 0.195. The summed E-state index contributed by atoms with van der Waals surface area (Å²) in [4.78, 5) is 7.01. The zero-order chi connectivity index (χ0) is 13.1. The molecule has 0 spiro atoms. The van der Waals surface area contributed by atoms with Crippen LogP contribution in [-0.2, 0) is 6.42 Å². The van der Waals surface area contributed by atoms with Crippen LogP contribution in [0.15, 0.2) is 10.7 Å². The second-order valence-corrected chi connectivity index (χ2v) is 5.58. The van der Waals surface area contributed by atoms with Crippen molar-refractivity contribution in [2.75, 3.05) is 13.2 Å². The van der Waals surface area contributed by atoms with Crippen molar-refractivity contribution in [3.8, 4) is 0 Å². The molecule has 4 nitrogen and oxygen atoms in total. The van der Waals surface area contributed by atoms with Gasteiger partial charge >= 0.3 is 0 Å². The van der Waals surface area contributed by atoms with Crippen molar-refractivity contribution in [1.82, 2.24) is 9.88 Å². The first-order chi connectivity index (χ1) is 8.61. The predicted molar refractivity (Wildman–Crippen MR) is 70.6 cm³/mol. The van der Waals surface area contributed by atoms with E-state index in [2.05, 4.69) is 23.7 Å². The zero-order valence-corrected chi connectivity index (χ0v) is 11.6. The Morgan fingerprint density at radius 1 is 1.50 bits per heavy atom. The van der Waals surface area contributed by atoms with Gasteiger partial charge < -0.3 is 9.52 Å². The van der Waals surface area contributed by atoms with E-state index < -0.39 is 0 Å². The molecule has 18 heavy (non-hydrogen) atoms. The summed E-state index contributed by atoms with van der Waals surface area (Å²) < 4.78 is 5.53. The summed E-state index contributed by atoms with van der Waals surface area (Å²) in [6.45, 7) is 7.74. The van der Waals surface area contributed by atoms with Gasteiger partial charge in [0.2, 0.25) is 0 Å². The molecular formula is C14H24N2O2. The smallest absolute Gasteiger partial charge is 0.195 e. The van der Waals surface area contributed by atoms with E-state index in [4.69, 9.17) is 9.52 Å². The highest BCUT2D eigenvalue weighted by Gasteiger charge is 2.28. The van der Waals surface area contributed by atoms with E-state index in [9.17, 15) is 0 Å². The Kier molecular flexibility index (Phi) is 4.40. The van der Waals surface area contributed by atoms with E-state index in [0.29, 0.717) is 12.1 Å². The maximum atomic E-state index is 9.11. The maximum Gasteiger partial charge on any atom is 0.195 e. The van der Waals surface area contributed by atoms with Gasteiger partial charge in [-0.05, 0) is 33.2 Å². The van der Waals surface area contributed by atoms with E-state index in [1.165, 1.54) is 19.4 Å². The molecular weight excluding hydrogens is 228 g/mol. The highest BCUT2D eigenvalue weighted by molar-refractivity contribution is 5.04. The number of aromatic nitrogens is 1. The Hall–Kier alpha value is -0.870. The number of hydrogen-bond donors (Lipinski definition) is 1. The van der Waals surface area contributed by atoms with E-state index in [0.717, 1.165) is 18.0 Å². The molecule has 0 amide bonds. The van der Waals surface area contributed by atoms with Crippen LogP contribution in [0.3, 0.4) is 0 Å². The van der Waals surface area contributed by atoms with Crippen molar-refractivity contribution in [3.05, 3.63) is 17.8 Å². The summed E-state index contributed by atoms with van der Waals surface area (Å²) in [5.74, 6) is 0.870. The van der Waals surface area contributed by atoms with Crippen LogP contribution in [-0.4, -0.2) is 40.2 Å². The molecule has 4 heteroatoms. The van der Waals surface area contributed by atoms with Crippen molar-refractivity contribution >= 4 is 0 Å². The van der Waals surface area contributed by atoms with E-state index >= 15 is 0 Å². The van der Waals surface area contributed by atoms with Crippen molar-refractivity contribution in [1.29, 1.82) is 0 Å². The zero-order valence-electron chi connectivity index (χ0n) is 11.6. The van der Waals surface area contributed by atoms with Crippen LogP contribution in [0.25, 0.3) is 0 Å². The normalized spacial score (nSPS) is 22.8. The van der Waals surface area contributed by atoms with Crippen LogP contribution in [0.2, 0.25) is 0 Å². The second kappa shape index (κ2) is 5.85. The first-order valence-corrected chi connectivity index (χ1v) is 6.92. The molecule has 2 unspecified atom stereocenters. The quantitative estimate of drug-likeness (QED) is 0.872. The number of aliphatic hydroxyl groups excluding tert-OH is 1. The fraction of sp³-hybridized carbons (Fsp3) is 0.786. The van der Waals surface area contributed by atoms with E-state index in [1.54, 1.807) is 6.26 Å². The Balaban J connectivity index is 1.98. The van der Waals surface area contributed by atoms with Crippen LogP contribution in [0, 0.1) is 0 Å². The third kappa shape index (κ3) is 2.93. The topological polar surface area (TPSA) is 49.5 Å². The van der Waals surface area contributed by atoms with Gasteiger partial charge in [0.1, 0.15) is 6.26 Å². The van der Waals surface area contributed by atoms with Gasteiger partial charge in [-0.25, -0.2) is 4.98 Å². The molecule has 1 saturated heterocycles. The summed E-state index contributed by atoms with van der Waals surface area (Å²) in [7, 11) is 0. The Bertz CT molecular complexity index is 376. The maximum absolute atomic E-state index is 9.11. The molecule has 1 aromatic rings. The van der Waals surface area contributed by atoms with Crippen LogP contribution in [0.1, 0.15) is 51.1 Å². The third-order valence-corrected chi connectivity index (χ3v) is 3.84. The first-order valence-electron chi connectivity index (χ1n) is 6.92. The molecule has 2 atom stereocenters. The fourth-order valence-corrected chi connectivity index (χ4v) is 2.70. The molecule has 2 heterocycles. The molecule has 1 fully saturated rings. The average Bonchev–Trinajstić information content (AvgIpc) is 2.97. The summed E-state index contributed by atoms with van der Waals surface area (Å²) in [6, 6.07) is 1.14. The van der Waals surface area contributed by atoms with Gasteiger partial charge in [0.05, 0.1) is 12.3 Å². The fourth-order valence-electron chi connectivity index (χ4n) is 2.70. The largest absolute Gasteiger partial charge is 0.449 e. The van der Waals surface area contributed by atoms with Crippen LogP contribution >= 0.6 is 0 Å². The minimum absolute atomic E-state index is 0.0623. The highest BCUT2D eigenvalue weighted by Crippen LogP contribution is 2.24. The molecule has 0 bridgehead atoms. The highest BCUT2D eigenvalue weighted by atomic mass is 16.3. The standard InChI is InChI=1S/C14H24N2O2/c1-10(2)16-6-4-5-12(16)7-14-15-13(9-18-14)11(3)8-17/h9-12,17H,4-8H2,1-3H3. The molecule has 102 valence electrons. The van der Waals surface area contributed by atoms with Gasteiger partial charge in [-0.3, -0.25) is 4.90 Å². The van der Waals surface area contributed by atoms with Gasteiger partial charge in [0, 0.05) is 24.4 Å². The van der Waals surface area contributed by atoms with E-state index in [1.807, 2.05) is 6.92 Å². The number of likely N-dealkylation sites (tertiary alicyclic amines) is 1. The van der Waals surface area contributed by atoms with Gasteiger partial charge in [-0.15, -0.1) is 0 Å². The van der Waals surface area contributed by atoms with Gasteiger partial charge in [0.25, 0.3) is 0 Å². The van der Waals surface area contributed by atoms with E-state index in [-0.39, 0.29) is 12.5 Å². The number of oxazole rings is 1. The lowest BCUT2D eigenvalue weighted by atomic mass is 10.1. The lowest BCUT2D eigenvalue weighted by Gasteiger charge is -2.27. The Labute approximate surface area is 109 Å². The number of aliphatic hydroxyl groups is 1. The number of hydrogen-bond acceptors (Lipinski definition) is 4. The average molecular weight is 252 g/mol. The molecule has 0 aromatic carbocycles. The predicted octanol–water partition coefficient (Wildman–Crippen LogP) is 2.19.